The van der Waals surface area contributed by atoms with Gasteiger partial charge in [-0.15, -0.1) is 0 Å². The van der Waals surface area contributed by atoms with Gasteiger partial charge in [-0.1, -0.05) is 48.5 Å². The average Bonchev–Trinajstić information content (AvgIpc) is 2.78. The Morgan fingerprint density at radius 2 is 1.77 bits per heavy atom. The van der Waals surface area contributed by atoms with Crippen LogP contribution in [0.15, 0.2) is 54.6 Å². The summed E-state index contributed by atoms with van der Waals surface area (Å²) in [5.74, 6) is -0.538. The fourth-order valence-corrected chi connectivity index (χ4v) is 3.09. The SMILES string of the molecule is C[C@]1([C@H](C[N+](=O)[O-])c2ccccc2)C(=O)Oc2ccccc21. The molecule has 1 aliphatic rings. The molecule has 2 aromatic carbocycles. The smallest absolute Gasteiger partial charge is 0.322 e. The number of ether oxygens (including phenoxy) is 1. The fraction of sp³-hybridized carbons (Fsp3) is 0.235. The van der Waals surface area contributed by atoms with Crippen molar-refractivity contribution >= 4 is 5.97 Å². The fourth-order valence-electron chi connectivity index (χ4n) is 3.09. The number of carbonyl (C=O) groups is 1. The monoisotopic (exact) mass is 297 g/mol. The molecule has 0 aliphatic carbocycles. The Balaban J connectivity index is 2.15. The van der Waals surface area contributed by atoms with Crippen molar-refractivity contribution in [2.24, 2.45) is 0 Å². The molecule has 1 heterocycles. The second kappa shape index (κ2) is 5.26. The van der Waals surface area contributed by atoms with Crippen molar-refractivity contribution < 1.29 is 14.5 Å². The minimum atomic E-state index is -1.06. The predicted octanol–water partition coefficient (Wildman–Crippen LogP) is 2.92. The lowest BCUT2D eigenvalue weighted by Gasteiger charge is -2.28. The van der Waals surface area contributed by atoms with Crippen LogP contribution in [0.1, 0.15) is 24.0 Å². The highest BCUT2D eigenvalue weighted by Gasteiger charge is 2.53. The molecule has 2 atom stereocenters. The Kier molecular flexibility index (Phi) is 3.41. The lowest BCUT2D eigenvalue weighted by atomic mass is 9.69. The molecule has 0 aromatic heterocycles. The summed E-state index contributed by atoms with van der Waals surface area (Å²) in [7, 11) is 0. The van der Waals surface area contributed by atoms with Gasteiger partial charge in [0, 0.05) is 10.5 Å². The lowest BCUT2D eigenvalue weighted by molar-refractivity contribution is -0.484. The van der Waals surface area contributed by atoms with E-state index in [1.807, 2.05) is 36.4 Å². The molecule has 0 unspecified atom stereocenters. The van der Waals surface area contributed by atoms with Crippen LogP contribution in [-0.2, 0) is 10.2 Å². The molecule has 0 bridgehead atoms. The largest absolute Gasteiger partial charge is 0.426 e. The van der Waals surface area contributed by atoms with Crippen LogP contribution in [0, 0.1) is 10.1 Å². The van der Waals surface area contributed by atoms with Gasteiger partial charge in [-0.3, -0.25) is 14.9 Å². The number of para-hydroxylation sites is 1. The van der Waals surface area contributed by atoms with Crippen molar-refractivity contribution in [3.63, 3.8) is 0 Å². The summed E-state index contributed by atoms with van der Waals surface area (Å²) in [6.45, 7) is 1.40. The van der Waals surface area contributed by atoms with Gasteiger partial charge in [-0.2, -0.15) is 0 Å². The summed E-state index contributed by atoms with van der Waals surface area (Å²) < 4.78 is 5.34. The number of fused-ring (bicyclic) bond motifs is 1. The zero-order valence-electron chi connectivity index (χ0n) is 12.1. The number of carbonyl (C=O) groups excluding carboxylic acids is 1. The summed E-state index contributed by atoms with van der Waals surface area (Å²) >= 11 is 0. The van der Waals surface area contributed by atoms with Crippen molar-refractivity contribution in [2.75, 3.05) is 6.54 Å². The average molecular weight is 297 g/mol. The summed E-state index contributed by atoms with van der Waals surface area (Å²) in [4.78, 5) is 23.3. The van der Waals surface area contributed by atoms with E-state index in [1.54, 1.807) is 25.1 Å². The van der Waals surface area contributed by atoms with Gasteiger partial charge in [0.15, 0.2) is 0 Å². The van der Waals surface area contributed by atoms with Gasteiger partial charge < -0.3 is 4.74 Å². The van der Waals surface area contributed by atoms with Crippen LogP contribution in [0.25, 0.3) is 0 Å². The molecule has 0 saturated heterocycles. The van der Waals surface area contributed by atoms with E-state index in [-0.39, 0.29) is 11.5 Å². The number of nitrogens with zero attached hydrogens (tertiary/aromatic N) is 1. The minimum Gasteiger partial charge on any atom is -0.426 e. The van der Waals surface area contributed by atoms with Gasteiger partial charge in [0.1, 0.15) is 11.2 Å². The Labute approximate surface area is 127 Å². The topological polar surface area (TPSA) is 69.4 Å². The van der Waals surface area contributed by atoms with Crippen LogP contribution >= 0.6 is 0 Å². The van der Waals surface area contributed by atoms with Gasteiger partial charge in [-0.25, -0.2) is 0 Å². The Bertz CT molecular complexity index is 728. The van der Waals surface area contributed by atoms with E-state index in [0.717, 1.165) is 5.56 Å². The molecule has 5 heteroatoms. The zero-order valence-corrected chi connectivity index (χ0v) is 12.1. The third kappa shape index (κ3) is 2.15. The van der Waals surface area contributed by atoms with Crippen LogP contribution in [0.4, 0.5) is 0 Å². The second-order valence-electron chi connectivity index (χ2n) is 5.57. The molecular weight excluding hydrogens is 282 g/mol. The molecule has 112 valence electrons. The zero-order chi connectivity index (χ0) is 15.7. The maximum atomic E-state index is 12.5. The highest BCUT2D eigenvalue weighted by atomic mass is 16.6. The molecule has 0 spiro atoms. The van der Waals surface area contributed by atoms with Gasteiger partial charge in [0.2, 0.25) is 6.54 Å². The van der Waals surface area contributed by atoms with E-state index >= 15 is 0 Å². The number of esters is 1. The molecule has 0 radical (unpaired) electrons. The quantitative estimate of drug-likeness (QED) is 0.376. The number of benzene rings is 2. The molecule has 2 aromatic rings. The van der Waals surface area contributed by atoms with Crippen LogP contribution in [-0.4, -0.2) is 17.4 Å². The van der Waals surface area contributed by atoms with Crippen molar-refractivity contribution in [1.29, 1.82) is 0 Å². The normalized spacial score (nSPS) is 21.0. The van der Waals surface area contributed by atoms with Crippen molar-refractivity contribution in [2.45, 2.75) is 18.3 Å². The Morgan fingerprint density at radius 1 is 1.14 bits per heavy atom. The molecule has 0 saturated carbocycles. The maximum absolute atomic E-state index is 12.5. The first-order valence-corrected chi connectivity index (χ1v) is 7.02. The van der Waals surface area contributed by atoms with Gasteiger partial charge in [0.05, 0.1) is 5.92 Å². The Hall–Kier alpha value is -2.69. The summed E-state index contributed by atoms with van der Waals surface area (Å²) in [5.41, 5.74) is 0.399. The van der Waals surface area contributed by atoms with Crippen LogP contribution < -0.4 is 4.74 Å². The van der Waals surface area contributed by atoms with Crippen LogP contribution in [0.2, 0.25) is 0 Å². The molecular formula is C17H15NO4. The van der Waals surface area contributed by atoms with Crippen molar-refractivity contribution in [1.82, 2.24) is 0 Å². The van der Waals surface area contributed by atoms with Gasteiger partial charge in [0.25, 0.3) is 0 Å². The molecule has 3 rings (SSSR count). The third-order valence-corrected chi connectivity index (χ3v) is 4.30. The van der Waals surface area contributed by atoms with E-state index in [0.29, 0.717) is 11.3 Å². The van der Waals surface area contributed by atoms with E-state index in [1.165, 1.54) is 0 Å². The third-order valence-electron chi connectivity index (χ3n) is 4.30. The number of hydrogen-bond donors (Lipinski definition) is 0. The summed E-state index contributed by atoms with van der Waals surface area (Å²) in [6, 6.07) is 16.2. The number of hydrogen-bond acceptors (Lipinski definition) is 4. The highest BCUT2D eigenvalue weighted by Crippen LogP contribution is 2.48. The molecule has 0 amide bonds. The molecule has 22 heavy (non-hydrogen) atoms. The molecule has 0 fully saturated rings. The van der Waals surface area contributed by atoms with Gasteiger partial charge in [-0.05, 0) is 18.6 Å². The molecule has 1 aliphatic heterocycles. The first-order valence-electron chi connectivity index (χ1n) is 7.02. The standard InChI is InChI=1S/C17H15NO4/c1-17(13-9-5-6-10-15(13)22-16(17)19)14(11-18(20)21)12-7-3-2-4-8-12/h2-10,14H,11H2,1H3/t14-,17+/m1/s1. The van der Waals surface area contributed by atoms with E-state index in [2.05, 4.69) is 0 Å². The van der Waals surface area contributed by atoms with E-state index in [4.69, 9.17) is 4.74 Å². The number of rotatable bonds is 4. The van der Waals surface area contributed by atoms with E-state index in [9.17, 15) is 14.9 Å². The second-order valence-corrected chi connectivity index (χ2v) is 5.57. The first kappa shape index (κ1) is 14.3. The van der Waals surface area contributed by atoms with E-state index < -0.39 is 17.3 Å². The first-order chi connectivity index (χ1) is 10.5. The number of nitro groups is 1. The minimum absolute atomic E-state index is 0.329. The maximum Gasteiger partial charge on any atom is 0.322 e. The highest BCUT2D eigenvalue weighted by molar-refractivity contribution is 5.91. The summed E-state index contributed by atoms with van der Waals surface area (Å²) in [6.07, 6.45) is 0. The van der Waals surface area contributed by atoms with Crippen LogP contribution in [0.3, 0.4) is 0 Å². The predicted molar refractivity (Wildman–Crippen MR) is 80.5 cm³/mol. The van der Waals surface area contributed by atoms with Crippen LogP contribution in [0.5, 0.6) is 5.75 Å². The lowest BCUT2D eigenvalue weighted by Crippen LogP contribution is -2.40. The van der Waals surface area contributed by atoms with Crippen molar-refractivity contribution in [3.05, 3.63) is 75.8 Å². The molecule has 5 nitrogen and oxygen atoms in total. The van der Waals surface area contributed by atoms with Gasteiger partial charge >= 0.3 is 5.97 Å². The Morgan fingerprint density at radius 3 is 2.45 bits per heavy atom. The van der Waals surface area contributed by atoms with Crippen molar-refractivity contribution in [3.8, 4) is 5.75 Å². The molecule has 0 N–H and O–H groups in total. The summed E-state index contributed by atoms with van der Waals surface area (Å²) in [5, 5.41) is 11.2.